The molecule has 4 heteroatoms. The molecule has 0 radical (unpaired) electrons. The van der Waals surface area contributed by atoms with Crippen LogP contribution in [0.25, 0.3) is 0 Å². The summed E-state index contributed by atoms with van der Waals surface area (Å²) in [6.07, 6.45) is 7.37. The Morgan fingerprint density at radius 3 is 2.79 bits per heavy atom. The highest BCUT2D eigenvalue weighted by molar-refractivity contribution is 5.90. The highest BCUT2D eigenvalue weighted by Gasteiger charge is 2.30. The van der Waals surface area contributed by atoms with Crippen molar-refractivity contribution in [2.75, 3.05) is 19.0 Å². The Hall–Kier alpha value is -2.93. The van der Waals surface area contributed by atoms with E-state index < -0.39 is 0 Å². The first kappa shape index (κ1) is 15.9. The Bertz CT molecular complexity index is 762. The second-order valence-electron chi connectivity index (χ2n) is 5.78. The van der Waals surface area contributed by atoms with Crippen LogP contribution in [0.15, 0.2) is 48.5 Å². The molecule has 1 N–H and O–H groups in total. The maximum atomic E-state index is 12.7. The van der Waals surface area contributed by atoms with E-state index in [0.717, 1.165) is 42.0 Å². The average Bonchev–Trinajstić information content (AvgIpc) is 3.12. The molecule has 122 valence electrons. The van der Waals surface area contributed by atoms with E-state index in [-0.39, 0.29) is 12.1 Å². The fourth-order valence-corrected chi connectivity index (χ4v) is 3.06. The number of amides is 2. The van der Waals surface area contributed by atoms with E-state index in [4.69, 9.17) is 11.2 Å². The summed E-state index contributed by atoms with van der Waals surface area (Å²) in [6.45, 7) is 0.747. The molecule has 0 bridgehead atoms. The van der Waals surface area contributed by atoms with E-state index in [2.05, 4.69) is 11.2 Å². The SMILES string of the molecule is C#Cc1cccc(NC(=O)N2CCCC2c2ccc(OC)cc2)c1. The van der Waals surface area contributed by atoms with Crippen molar-refractivity contribution in [1.29, 1.82) is 0 Å². The number of hydrogen-bond acceptors (Lipinski definition) is 2. The molecule has 1 unspecified atom stereocenters. The third-order valence-corrected chi connectivity index (χ3v) is 4.29. The van der Waals surface area contributed by atoms with Gasteiger partial charge >= 0.3 is 6.03 Å². The molecule has 0 aromatic heterocycles. The molecule has 3 rings (SSSR count). The zero-order chi connectivity index (χ0) is 16.9. The minimum absolute atomic E-state index is 0.0896. The van der Waals surface area contributed by atoms with Gasteiger partial charge < -0.3 is 15.0 Å². The second-order valence-corrected chi connectivity index (χ2v) is 5.78. The number of rotatable bonds is 3. The van der Waals surface area contributed by atoms with E-state index in [1.807, 2.05) is 47.4 Å². The Morgan fingerprint density at radius 2 is 2.08 bits per heavy atom. The number of carbonyl (C=O) groups is 1. The number of methoxy groups -OCH3 is 1. The summed E-state index contributed by atoms with van der Waals surface area (Å²) >= 11 is 0. The van der Waals surface area contributed by atoms with Gasteiger partial charge in [-0.3, -0.25) is 0 Å². The normalized spacial score (nSPS) is 16.5. The summed E-state index contributed by atoms with van der Waals surface area (Å²) in [5, 5.41) is 2.95. The monoisotopic (exact) mass is 320 g/mol. The molecule has 1 heterocycles. The van der Waals surface area contributed by atoms with Gasteiger partial charge in [0.1, 0.15) is 5.75 Å². The van der Waals surface area contributed by atoms with Crippen molar-refractivity contribution in [2.45, 2.75) is 18.9 Å². The van der Waals surface area contributed by atoms with Gasteiger partial charge in [-0.1, -0.05) is 24.1 Å². The van der Waals surface area contributed by atoms with Crippen molar-refractivity contribution < 1.29 is 9.53 Å². The van der Waals surface area contributed by atoms with E-state index in [0.29, 0.717) is 0 Å². The quantitative estimate of drug-likeness (QED) is 0.867. The first-order chi connectivity index (χ1) is 11.7. The second kappa shape index (κ2) is 7.10. The number of hydrogen-bond donors (Lipinski definition) is 1. The first-order valence-corrected chi connectivity index (χ1v) is 7.99. The van der Waals surface area contributed by atoms with E-state index in [1.54, 1.807) is 13.2 Å². The van der Waals surface area contributed by atoms with Crippen molar-refractivity contribution in [3.05, 3.63) is 59.7 Å². The maximum absolute atomic E-state index is 12.7. The first-order valence-electron chi connectivity index (χ1n) is 7.99. The largest absolute Gasteiger partial charge is 0.497 e. The molecule has 24 heavy (non-hydrogen) atoms. The van der Waals surface area contributed by atoms with Crippen molar-refractivity contribution in [2.24, 2.45) is 0 Å². The van der Waals surface area contributed by atoms with Crippen LogP contribution in [0.5, 0.6) is 5.75 Å². The lowest BCUT2D eigenvalue weighted by molar-refractivity contribution is 0.207. The van der Waals surface area contributed by atoms with Gasteiger partial charge in [-0.05, 0) is 48.7 Å². The molecule has 4 nitrogen and oxygen atoms in total. The van der Waals surface area contributed by atoms with Crippen LogP contribution < -0.4 is 10.1 Å². The third-order valence-electron chi connectivity index (χ3n) is 4.29. The maximum Gasteiger partial charge on any atom is 0.322 e. The molecule has 1 atom stereocenters. The predicted octanol–water partition coefficient (Wildman–Crippen LogP) is 4.05. The Balaban J connectivity index is 1.74. The smallest absolute Gasteiger partial charge is 0.322 e. The number of ether oxygens (including phenoxy) is 1. The molecule has 0 saturated carbocycles. The summed E-state index contributed by atoms with van der Waals surface area (Å²) in [6, 6.07) is 15.2. The van der Waals surface area contributed by atoms with Crippen LogP contribution >= 0.6 is 0 Å². The molecule has 2 aromatic rings. The highest BCUT2D eigenvalue weighted by Crippen LogP contribution is 2.33. The number of nitrogens with one attached hydrogen (secondary N) is 1. The fraction of sp³-hybridized carbons (Fsp3) is 0.250. The Kier molecular flexibility index (Phi) is 4.72. The zero-order valence-electron chi connectivity index (χ0n) is 13.7. The van der Waals surface area contributed by atoms with Gasteiger partial charge in [-0.25, -0.2) is 4.79 Å². The molecule has 1 saturated heterocycles. The standard InChI is InChI=1S/C20H20N2O2/c1-3-15-6-4-7-17(14-15)21-20(23)22-13-5-8-19(22)16-9-11-18(24-2)12-10-16/h1,4,6-7,9-12,14,19H,5,8,13H2,2H3,(H,21,23). The number of nitrogens with zero attached hydrogens (tertiary/aromatic N) is 1. The molecular weight excluding hydrogens is 300 g/mol. The lowest BCUT2D eigenvalue weighted by Crippen LogP contribution is -2.34. The molecule has 2 amide bonds. The number of likely N-dealkylation sites (tertiary alicyclic amines) is 1. The van der Waals surface area contributed by atoms with Crippen LogP contribution in [0.4, 0.5) is 10.5 Å². The van der Waals surface area contributed by atoms with Crippen LogP contribution in [0.2, 0.25) is 0 Å². The Morgan fingerprint density at radius 1 is 1.29 bits per heavy atom. The zero-order valence-corrected chi connectivity index (χ0v) is 13.7. The fourth-order valence-electron chi connectivity index (χ4n) is 3.06. The Labute approximate surface area is 142 Å². The lowest BCUT2D eigenvalue weighted by atomic mass is 10.0. The number of urea groups is 1. The molecule has 2 aromatic carbocycles. The van der Waals surface area contributed by atoms with Crippen molar-refractivity contribution in [3.63, 3.8) is 0 Å². The summed E-state index contributed by atoms with van der Waals surface area (Å²) in [7, 11) is 1.65. The van der Waals surface area contributed by atoms with Crippen molar-refractivity contribution >= 4 is 11.7 Å². The lowest BCUT2D eigenvalue weighted by Gasteiger charge is -2.25. The minimum Gasteiger partial charge on any atom is -0.497 e. The summed E-state index contributed by atoms with van der Waals surface area (Å²) in [5.74, 6) is 3.40. The predicted molar refractivity (Wildman–Crippen MR) is 95.1 cm³/mol. The van der Waals surface area contributed by atoms with Crippen LogP contribution in [0, 0.1) is 12.3 Å². The summed E-state index contributed by atoms with van der Waals surface area (Å²) < 4.78 is 5.20. The summed E-state index contributed by atoms with van der Waals surface area (Å²) in [5.41, 5.74) is 2.59. The molecule has 1 fully saturated rings. The average molecular weight is 320 g/mol. The number of benzene rings is 2. The van der Waals surface area contributed by atoms with Gasteiger partial charge in [0, 0.05) is 17.8 Å². The molecular formula is C20H20N2O2. The van der Waals surface area contributed by atoms with Crippen molar-refractivity contribution in [1.82, 2.24) is 4.90 Å². The van der Waals surface area contributed by atoms with Crippen LogP contribution in [0.1, 0.15) is 30.0 Å². The van der Waals surface area contributed by atoms with E-state index in [9.17, 15) is 4.79 Å². The van der Waals surface area contributed by atoms with E-state index in [1.165, 1.54) is 0 Å². The van der Waals surface area contributed by atoms with Gasteiger partial charge in [0.2, 0.25) is 0 Å². The number of carbonyl (C=O) groups excluding carboxylic acids is 1. The van der Waals surface area contributed by atoms with Gasteiger partial charge in [-0.15, -0.1) is 6.42 Å². The van der Waals surface area contributed by atoms with Crippen molar-refractivity contribution in [3.8, 4) is 18.1 Å². The van der Waals surface area contributed by atoms with Gasteiger partial charge in [-0.2, -0.15) is 0 Å². The van der Waals surface area contributed by atoms with E-state index >= 15 is 0 Å². The van der Waals surface area contributed by atoms with Crippen LogP contribution in [0.3, 0.4) is 0 Å². The molecule has 1 aliphatic rings. The third kappa shape index (κ3) is 3.36. The van der Waals surface area contributed by atoms with Gasteiger partial charge in [0.05, 0.1) is 13.2 Å². The minimum atomic E-state index is -0.0949. The molecule has 1 aliphatic heterocycles. The molecule has 0 spiro atoms. The van der Waals surface area contributed by atoms with Crippen LogP contribution in [-0.2, 0) is 0 Å². The van der Waals surface area contributed by atoms with Crippen LogP contribution in [-0.4, -0.2) is 24.6 Å². The van der Waals surface area contributed by atoms with Gasteiger partial charge in [0.25, 0.3) is 0 Å². The molecule has 0 aliphatic carbocycles. The van der Waals surface area contributed by atoms with Gasteiger partial charge in [0.15, 0.2) is 0 Å². The number of terminal acetylenes is 1. The topological polar surface area (TPSA) is 41.6 Å². The highest BCUT2D eigenvalue weighted by atomic mass is 16.5. The summed E-state index contributed by atoms with van der Waals surface area (Å²) in [4.78, 5) is 14.5. The number of anilines is 1.